The maximum atomic E-state index is 12.6. The molecule has 1 saturated carbocycles. The van der Waals surface area contributed by atoms with Gasteiger partial charge in [0.2, 0.25) is 6.79 Å². The zero-order valence-corrected chi connectivity index (χ0v) is 20.3. The van der Waals surface area contributed by atoms with Gasteiger partial charge >= 0.3 is 6.36 Å². The van der Waals surface area contributed by atoms with Crippen molar-refractivity contribution in [1.82, 2.24) is 9.80 Å². The number of benzene rings is 2. The van der Waals surface area contributed by atoms with Crippen molar-refractivity contribution in [1.29, 1.82) is 0 Å². The molecule has 0 amide bonds. The number of nitrogens with zero attached hydrogens (tertiary/aromatic N) is 2. The van der Waals surface area contributed by atoms with Gasteiger partial charge in [-0.2, -0.15) is 0 Å². The lowest BCUT2D eigenvalue weighted by molar-refractivity contribution is -0.274. The molecular formula is C27H33F3N2O4. The van der Waals surface area contributed by atoms with Crippen LogP contribution >= 0.6 is 0 Å². The van der Waals surface area contributed by atoms with Crippen LogP contribution < -0.4 is 14.2 Å². The van der Waals surface area contributed by atoms with Crippen molar-refractivity contribution in [2.24, 2.45) is 0 Å². The van der Waals surface area contributed by atoms with Crippen LogP contribution in [0.3, 0.4) is 0 Å². The van der Waals surface area contributed by atoms with Crippen molar-refractivity contribution >= 4 is 0 Å². The molecule has 2 aromatic rings. The van der Waals surface area contributed by atoms with Gasteiger partial charge in [-0.3, -0.25) is 4.90 Å². The van der Waals surface area contributed by atoms with Crippen LogP contribution in [-0.4, -0.2) is 66.4 Å². The van der Waals surface area contributed by atoms with E-state index in [1.807, 2.05) is 12.1 Å². The summed E-state index contributed by atoms with van der Waals surface area (Å²) in [5.41, 5.74) is 1.19. The molecule has 0 radical (unpaired) electrons. The second kappa shape index (κ2) is 10.5. The average Bonchev–Trinajstić information content (AvgIpc) is 3.32. The van der Waals surface area contributed by atoms with Gasteiger partial charge in [-0.05, 0) is 48.2 Å². The summed E-state index contributed by atoms with van der Waals surface area (Å²) in [6, 6.07) is 12.1. The molecule has 6 nitrogen and oxygen atoms in total. The van der Waals surface area contributed by atoms with Gasteiger partial charge in [0.25, 0.3) is 0 Å². The normalized spacial score (nSPS) is 21.3. The Morgan fingerprint density at radius 2 is 1.56 bits per heavy atom. The van der Waals surface area contributed by atoms with E-state index in [-0.39, 0.29) is 18.5 Å². The minimum atomic E-state index is -4.72. The van der Waals surface area contributed by atoms with Crippen LogP contribution in [0, 0.1) is 0 Å². The van der Waals surface area contributed by atoms with Gasteiger partial charge in [0.1, 0.15) is 5.75 Å². The van der Waals surface area contributed by atoms with E-state index in [1.165, 1.54) is 17.7 Å². The third kappa shape index (κ3) is 6.07. The van der Waals surface area contributed by atoms with Crippen LogP contribution in [0.25, 0.3) is 0 Å². The second-order valence-corrected chi connectivity index (χ2v) is 10.1. The van der Waals surface area contributed by atoms with Crippen molar-refractivity contribution in [2.75, 3.05) is 39.5 Å². The molecule has 2 heterocycles. The third-order valence-corrected chi connectivity index (χ3v) is 7.63. The van der Waals surface area contributed by atoms with Crippen molar-refractivity contribution in [3.63, 3.8) is 0 Å². The van der Waals surface area contributed by atoms with E-state index < -0.39 is 12.0 Å². The number of hydrogen-bond acceptors (Lipinski definition) is 6. The molecule has 36 heavy (non-hydrogen) atoms. The summed E-state index contributed by atoms with van der Waals surface area (Å²) in [7, 11) is 0. The predicted molar refractivity (Wildman–Crippen MR) is 128 cm³/mol. The summed E-state index contributed by atoms with van der Waals surface area (Å²) >= 11 is 0. The largest absolute Gasteiger partial charge is 0.573 e. The molecule has 196 valence electrons. The van der Waals surface area contributed by atoms with E-state index in [2.05, 4.69) is 20.6 Å². The van der Waals surface area contributed by atoms with Gasteiger partial charge < -0.3 is 24.2 Å². The molecule has 1 N–H and O–H groups in total. The van der Waals surface area contributed by atoms with Gasteiger partial charge in [-0.15, -0.1) is 13.2 Å². The van der Waals surface area contributed by atoms with E-state index in [1.54, 1.807) is 12.1 Å². The molecule has 0 bridgehead atoms. The molecule has 1 aliphatic carbocycles. The smallest absolute Gasteiger partial charge is 0.454 e. The van der Waals surface area contributed by atoms with E-state index in [0.717, 1.165) is 69.0 Å². The molecule has 2 aliphatic heterocycles. The highest BCUT2D eigenvalue weighted by Crippen LogP contribution is 2.41. The summed E-state index contributed by atoms with van der Waals surface area (Å²) in [6.07, 6.45) is -0.267. The molecule has 5 rings (SSSR count). The first-order valence-corrected chi connectivity index (χ1v) is 12.7. The van der Waals surface area contributed by atoms with Crippen molar-refractivity contribution in [3.8, 4) is 17.2 Å². The van der Waals surface area contributed by atoms with Gasteiger partial charge in [-0.25, -0.2) is 0 Å². The van der Waals surface area contributed by atoms with Crippen LogP contribution in [0.2, 0.25) is 0 Å². The average molecular weight is 507 g/mol. The summed E-state index contributed by atoms with van der Waals surface area (Å²) in [5.74, 6) is 1.17. The van der Waals surface area contributed by atoms with Crippen molar-refractivity contribution < 1.29 is 32.5 Å². The van der Waals surface area contributed by atoms with Crippen LogP contribution in [-0.2, 0) is 6.54 Å². The van der Waals surface area contributed by atoms with E-state index >= 15 is 0 Å². The Morgan fingerprint density at radius 3 is 2.25 bits per heavy atom. The molecule has 3 aliphatic rings. The summed E-state index contributed by atoms with van der Waals surface area (Å²) in [5, 5.41) is 11.6. The summed E-state index contributed by atoms with van der Waals surface area (Å²) in [6.45, 7) is 5.31. The Hall–Kier alpha value is -2.49. The zero-order valence-electron chi connectivity index (χ0n) is 20.3. The van der Waals surface area contributed by atoms with Crippen LogP contribution in [0.5, 0.6) is 17.2 Å². The Balaban J connectivity index is 1.23. The SMILES string of the molecule is OC1(C(CN2CCN(Cc3ccc4c(c3)OCO4)CC2)c2ccc(OC(F)(F)F)cc2)CCCCC1. The maximum Gasteiger partial charge on any atom is 0.573 e. The van der Waals surface area contributed by atoms with Crippen molar-refractivity contribution in [2.45, 2.75) is 56.5 Å². The standard InChI is InChI=1S/C27H33F3N2O4/c28-27(29,30)36-22-7-5-21(6-8-22)23(26(33)10-2-1-3-11-26)18-32-14-12-31(13-15-32)17-20-4-9-24-25(16-20)35-19-34-24/h4-9,16,23,33H,1-3,10-15,17-19H2. The fourth-order valence-corrected chi connectivity index (χ4v) is 5.69. The monoisotopic (exact) mass is 506 g/mol. The van der Waals surface area contributed by atoms with E-state index in [9.17, 15) is 18.3 Å². The number of rotatable bonds is 7. The van der Waals surface area contributed by atoms with Crippen LogP contribution in [0.15, 0.2) is 42.5 Å². The van der Waals surface area contributed by atoms with Gasteiger partial charge in [0.15, 0.2) is 11.5 Å². The number of hydrogen-bond donors (Lipinski definition) is 1. The fraction of sp³-hybridized carbons (Fsp3) is 0.556. The minimum absolute atomic E-state index is 0.168. The summed E-state index contributed by atoms with van der Waals surface area (Å²) in [4.78, 5) is 4.77. The van der Waals surface area contributed by atoms with Gasteiger partial charge in [-0.1, -0.05) is 37.5 Å². The molecule has 2 fully saturated rings. The number of ether oxygens (including phenoxy) is 3. The number of fused-ring (bicyclic) bond motifs is 1. The lowest BCUT2D eigenvalue weighted by atomic mass is 9.72. The molecule has 0 spiro atoms. The van der Waals surface area contributed by atoms with Crippen LogP contribution in [0.1, 0.15) is 49.1 Å². The molecule has 1 unspecified atom stereocenters. The third-order valence-electron chi connectivity index (χ3n) is 7.63. The number of aliphatic hydroxyl groups is 1. The second-order valence-electron chi connectivity index (χ2n) is 10.1. The highest BCUT2D eigenvalue weighted by Gasteiger charge is 2.40. The molecule has 2 aromatic carbocycles. The zero-order chi connectivity index (χ0) is 25.2. The molecular weight excluding hydrogens is 473 g/mol. The first-order valence-electron chi connectivity index (χ1n) is 12.7. The van der Waals surface area contributed by atoms with Gasteiger partial charge in [0.05, 0.1) is 5.60 Å². The van der Waals surface area contributed by atoms with Crippen molar-refractivity contribution in [3.05, 3.63) is 53.6 Å². The maximum absolute atomic E-state index is 12.6. The van der Waals surface area contributed by atoms with E-state index in [4.69, 9.17) is 9.47 Å². The molecule has 9 heteroatoms. The highest BCUT2D eigenvalue weighted by atomic mass is 19.4. The van der Waals surface area contributed by atoms with Gasteiger partial charge in [0, 0.05) is 45.2 Å². The first kappa shape index (κ1) is 25.2. The number of halogens is 3. The lowest BCUT2D eigenvalue weighted by Crippen LogP contribution is -2.50. The lowest BCUT2D eigenvalue weighted by Gasteiger charge is -2.43. The molecule has 1 saturated heterocycles. The first-order chi connectivity index (χ1) is 17.3. The quantitative estimate of drug-likeness (QED) is 0.576. The minimum Gasteiger partial charge on any atom is -0.454 e. The Kier molecular flexibility index (Phi) is 7.32. The molecule has 0 aromatic heterocycles. The Morgan fingerprint density at radius 1 is 0.889 bits per heavy atom. The Bertz CT molecular complexity index is 1020. The number of piperazine rings is 1. The van der Waals surface area contributed by atoms with Crippen LogP contribution in [0.4, 0.5) is 13.2 Å². The Labute approximate surface area is 209 Å². The molecule has 1 atom stereocenters. The predicted octanol–water partition coefficient (Wildman–Crippen LogP) is 4.91. The number of alkyl halides is 3. The van der Waals surface area contributed by atoms with E-state index in [0.29, 0.717) is 19.4 Å². The fourth-order valence-electron chi connectivity index (χ4n) is 5.69. The summed E-state index contributed by atoms with van der Waals surface area (Å²) < 4.78 is 52.8. The topological polar surface area (TPSA) is 54.4 Å². The highest BCUT2D eigenvalue weighted by molar-refractivity contribution is 5.44.